The van der Waals surface area contributed by atoms with E-state index in [2.05, 4.69) is 15.6 Å². The van der Waals surface area contributed by atoms with Gasteiger partial charge in [0, 0.05) is 45.4 Å². The van der Waals surface area contributed by atoms with Crippen molar-refractivity contribution in [2.45, 2.75) is 12.8 Å². The van der Waals surface area contributed by atoms with Crippen molar-refractivity contribution in [2.75, 3.05) is 45.8 Å². The number of ether oxygens (including phenoxy) is 2. The van der Waals surface area contributed by atoms with E-state index in [0.29, 0.717) is 31.9 Å². The van der Waals surface area contributed by atoms with Gasteiger partial charge in [-0.2, -0.15) is 0 Å². The number of hydrogen-bond acceptors (Lipinski definition) is 5. The highest BCUT2D eigenvalue weighted by atomic mass is 16.5. The average molecular weight is 281 g/mol. The first-order valence-corrected chi connectivity index (χ1v) is 6.76. The Labute approximate surface area is 119 Å². The number of carbonyl (C=O) groups is 1. The summed E-state index contributed by atoms with van der Waals surface area (Å²) in [7, 11) is 3.43. The van der Waals surface area contributed by atoms with E-state index in [1.165, 1.54) is 0 Å². The molecule has 0 radical (unpaired) electrons. The highest BCUT2D eigenvalue weighted by Crippen LogP contribution is 2.11. The topological polar surface area (TPSA) is 72.5 Å². The van der Waals surface area contributed by atoms with E-state index < -0.39 is 0 Å². The summed E-state index contributed by atoms with van der Waals surface area (Å²) < 4.78 is 10.2. The molecular formula is C14H23N3O3. The van der Waals surface area contributed by atoms with Crippen molar-refractivity contribution in [3.8, 4) is 0 Å². The second-order valence-corrected chi connectivity index (χ2v) is 4.24. The van der Waals surface area contributed by atoms with Crippen LogP contribution < -0.4 is 10.6 Å². The Morgan fingerprint density at radius 1 is 1.30 bits per heavy atom. The fourth-order valence-electron chi connectivity index (χ4n) is 1.66. The minimum absolute atomic E-state index is 0.109. The summed E-state index contributed by atoms with van der Waals surface area (Å²) in [6, 6.07) is 1.78. The zero-order valence-electron chi connectivity index (χ0n) is 12.1. The molecule has 6 nitrogen and oxygen atoms in total. The largest absolute Gasteiger partial charge is 0.387 e. The summed E-state index contributed by atoms with van der Waals surface area (Å²) in [4.78, 5) is 15.9. The molecule has 0 aromatic carbocycles. The Kier molecular flexibility index (Phi) is 8.33. The lowest BCUT2D eigenvalue weighted by Crippen LogP contribution is -2.25. The number of rotatable bonds is 10. The Balaban J connectivity index is 2.17. The third-order valence-corrected chi connectivity index (χ3v) is 2.77. The lowest BCUT2D eigenvalue weighted by Gasteiger charge is -2.09. The van der Waals surface area contributed by atoms with Crippen LogP contribution in [0.1, 0.15) is 23.2 Å². The molecule has 0 saturated heterocycles. The van der Waals surface area contributed by atoms with Crippen LogP contribution in [0.4, 0.5) is 5.69 Å². The molecule has 20 heavy (non-hydrogen) atoms. The van der Waals surface area contributed by atoms with Crippen LogP contribution in [0.5, 0.6) is 0 Å². The summed E-state index contributed by atoms with van der Waals surface area (Å²) in [6.07, 6.45) is 5.01. The molecule has 0 bridgehead atoms. The van der Waals surface area contributed by atoms with Crippen molar-refractivity contribution in [1.29, 1.82) is 0 Å². The first-order valence-electron chi connectivity index (χ1n) is 6.76. The third-order valence-electron chi connectivity index (χ3n) is 2.77. The highest BCUT2D eigenvalue weighted by molar-refractivity contribution is 5.99. The van der Waals surface area contributed by atoms with E-state index in [1.807, 2.05) is 0 Å². The lowest BCUT2D eigenvalue weighted by molar-refractivity contribution is 0.0686. The van der Waals surface area contributed by atoms with Gasteiger partial charge in [-0.15, -0.1) is 0 Å². The maximum atomic E-state index is 12.0. The van der Waals surface area contributed by atoms with Crippen molar-refractivity contribution < 1.29 is 14.3 Å². The Hall–Kier alpha value is -1.66. The van der Waals surface area contributed by atoms with Gasteiger partial charge in [0.05, 0.1) is 18.8 Å². The van der Waals surface area contributed by atoms with Crippen molar-refractivity contribution >= 4 is 11.6 Å². The van der Waals surface area contributed by atoms with Gasteiger partial charge in [0.2, 0.25) is 0 Å². The number of nitrogens with one attached hydrogen (secondary N) is 2. The molecule has 0 spiro atoms. The standard InChI is InChI=1S/C14H23N3O3/c1-15-13-5-7-16-11-12(13)14(18)17-6-3-4-8-20-10-9-19-2/h5,7,11H,3-4,6,8-10H2,1-2H3,(H,15,16)(H,17,18). The average Bonchev–Trinajstić information content (AvgIpc) is 2.49. The van der Waals surface area contributed by atoms with Gasteiger partial charge in [-0.1, -0.05) is 0 Å². The normalized spacial score (nSPS) is 10.3. The van der Waals surface area contributed by atoms with E-state index in [9.17, 15) is 4.79 Å². The zero-order valence-corrected chi connectivity index (χ0v) is 12.1. The number of unbranched alkanes of at least 4 members (excludes halogenated alkanes) is 1. The summed E-state index contributed by atoms with van der Waals surface area (Å²) in [5, 5.41) is 5.85. The number of methoxy groups -OCH3 is 1. The molecule has 0 aliphatic carbocycles. The monoisotopic (exact) mass is 281 g/mol. The van der Waals surface area contributed by atoms with Crippen LogP contribution in [-0.4, -0.2) is 51.4 Å². The van der Waals surface area contributed by atoms with Crippen LogP contribution in [0.3, 0.4) is 0 Å². The van der Waals surface area contributed by atoms with Gasteiger partial charge in [0.1, 0.15) is 0 Å². The molecule has 0 aliphatic heterocycles. The molecule has 0 saturated carbocycles. The highest BCUT2D eigenvalue weighted by Gasteiger charge is 2.09. The molecule has 0 unspecified atom stereocenters. The number of hydrogen-bond donors (Lipinski definition) is 2. The van der Waals surface area contributed by atoms with E-state index in [4.69, 9.17) is 9.47 Å². The lowest BCUT2D eigenvalue weighted by atomic mass is 10.2. The van der Waals surface area contributed by atoms with Gasteiger partial charge in [-0.25, -0.2) is 0 Å². The number of nitrogens with zero attached hydrogens (tertiary/aromatic N) is 1. The van der Waals surface area contributed by atoms with E-state index in [1.54, 1.807) is 32.6 Å². The maximum Gasteiger partial charge on any atom is 0.254 e. The quantitative estimate of drug-likeness (QED) is 0.632. The SMILES string of the molecule is CNc1ccncc1C(=O)NCCCCOCCOC. The van der Waals surface area contributed by atoms with Crippen molar-refractivity contribution in [3.05, 3.63) is 24.0 Å². The number of anilines is 1. The van der Waals surface area contributed by atoms with Gasteiger partial charge >= 0.3 is 0 Å². The van der Waals surface area contributed by atoms with Gasteiger partial charge in [-0.05, 0) is 18.9 Å². The maximum absolute atomic E-state index is 12.0. The zero-order chi connectivity index (χ0) is 14.6. The third kappa shape index (κ3) is 5.99. The molecule has 0 aliphatic rings. The van der Waals surface area contributed by atoms with Crippen molar-refractivity contribution in [1.82, 2.24) is 10.3 Å². The van der Waals surface area contributed by atoms with Crippen LogP contribution in [0, 0.1) is 0 Å². The molecule has 0 atom stereocenters. The molecule has 2 N–H and O–H groups in total. The minimum Gasteiger partial charge on any atom is -0.387 e. The molecule has 1 aromatic heterocycles. The molecule has 112 valence electrons. The van der Waals surface area contributed by atoms with Crippen LogP contribution in [0.25, 0.3) is 0 Å². The first-order chi connectivity index (χ1) is 9.79. The van der Waals surface area contributed by atoms with Crippen molar-refractivity contribution in [2.24, 2.45) is 0 Å². The molecule has 1 amide bonds. The fraction of sp³-hybridized carbons (Fsp3) is 0.571. The van der Waals surface area contributed by atoms with E-state index >= 15 is 0 Å². The summed E-state index contributed by atoms with van der Waals surface area (Å²) in [6.45, 7) is 2.55. The molecule has 0 fully saturated rings. The number of carbonyl (C=O) groups excluding carboxylic acids is 1. The number of amides is 1. The smallest absolute Gasteiger partial charge is 0.254 e. The second kappa shape index (κ2) is 10.2. The van der Waals surface area contributed by atoms with Gasteiger partial charge in [-0.3, -0.25) is 9.78 Å². The van der Waals surface area contributed by atoms with E-state index in [0.717, 1.165) is 18.5 Å². The fourth-order valence-corrected chi connectivity index (χ4v) is 1.66. The Bertz CT molecular complexity index is 399. The molecule has 6 heteroatoms. The van der Waals surface area contributed by atoms with Gasteiger partial charge in [0.15, 0.2) is 0 Å². The molecule has 1 heterocycles. The van der Waals surface area contributed by atoms with Crippen LogP contribution >= 0.6 is 0 Å². The molecule has 1 rings (SSSR count). The summed E-state index contributed by atoms with van der Waals surface area (Å²) in [5.74, 6) is -0.109. The Morgan fingerprint density at radius 3 is 2.90 bits per heavy atom. The first kappa shape index (κ1) is 16.4. The predicted molar refractivity (Wildman–Crippen MR) is 78.0 cm³/mol. The number of aromatic nitrogens is 1. The second-order valence-electron chi connectivity index (χ2n) is 4.24. The molecular weight excluding hydrogens is 258 g/mol. The van der Waals surface area contributed by atoms with Gasteiger partial charge < -0.3 is 20.1 Å². The van der Waals surface area contributed by atoms with Crippen LogP contribution in [0.15, 0.2) is 18.5 Å². The summed E-state index contributed by atoms with van der Waals surface area (Å²) >= 11 is 0. The molecule has 1 aromatic rings. The van der Waals surface area contributed by atoms with E-state index in [-0.39, 0.29) is 5.91 Å². The number of pyridine rings is 1. The van der Waals surface area contributed by atoms with Gasteiger partial charge in [0.25, 0.3) is 5.91 Å². The van der Waals surface area contributed by atoms with Crippen molar-refractivity contribution in [3.63, 3.8) is 0 Å². The summed E-state index contributed by atoms with van der Waals surface area (Å²) in [5.41, 5.74) is 1.34. The van der Waals surface area contributed by atoms with Crippen LogP contribution in [0.2, 0.25) is 0 Å². The minimum atomic E-state index is -0.109. The predicted octanol–water partition coefficient (Wildman–Crippen LogP) is 1.30. The Morgan fingerprint density at radius 2 is 2.15 bits per heavy atom. The van der Waals surface area contributed by atoms with Crippen LogP contribution in [-0.2, 0) is 9.47 Å².